The first-order valence-corrected chi connectivity index (χ1v) is 7.41. The summed E-state index contributed by atoms with van der Waals surface area (Å²) in [4.78, 5) is 10.1. The Kier molecular flexibility index (Phi) is 5.23. The maximum atomic E-state index is 4.27. The van der Waals surface area contributed by atoms with E-state index < -0.39 is 0 Å². The predicted molar refractivity (Wildman–Crippen MR) is 78.8 cm³/mol. The molecule has 0 spiro atoms. The van der Waals surface area contributed by atoms with E-state index in [-0.39, 0.29) is 0 Å². The standard InChI is InChI=1S/C13H23N7/c1-4-19(5-2)9-7-8-14-12-11-13(16-10-15-12)20(6-3)18-17-11/h10H,4-9H2,1-3H3,(H,14,15,16)/p+1. The molecule has 0 aliphatic rings. The van der Waals surface area contributed by atoms with Gasteiger partial charge in [-0.25, -0.2) is 14.6 Å². The second kappa shape index (κ2) is 7.14. The maximum absolute atomic E-state index is 4.27. The number of aryl methyl sites for hydroxylation is 1. The van der Waals surface area contributed by atoms with E-state index in [0.29, 0.717) is 0 Å². The van der Waals surface area contributed by atoms with Crippen LogP contribution in [0.4, 0.5) is 5.82 Å². The fraction of sp³-hybridized carbons (Fsp3) is 0.692. The van der Waals surface area contributed by atoms with Crippen molar-refractivity contribution in [1.29, 1.82) is 0 Å². The lowest BCUT2D eigenvalue weighted by atomic mass is 10.3. The molecule has 0 fully saturated rings. The monoisotopic (exact) mass is 278 g/mol. The third-order valence-electron chi connectivity index (χ3n) is 3.60. The quantitative estimate of drug-likeness (QED) is 0.663. The molecule has 7 heteroatoms. The summed E-state index contributed by atoms with van der Waals surface area (Å²) in [6.07, 6.45) is 2.68. The summed E-state index contributed by atoms with van der Waals surface area (Å²) in [7, 11) is 0. The maximum Gasteiger partial charge on any atom is 0.183 e. The van der Waals surface area contributed by atoms with Crippen LogP contribution >= 0.6 is 0 Å². The molecule has 0 amide bonds. The molecular weight excluding hydrogens is 254 g/mol. The minimum atomic E-state index is 0.754. The van der Waals surface area contributed by atoms with Crippen LogP contribution in [0.5, 0.6) is 0 Å². The minimum absolute atomic E-state index is 0.754. The highest BCUT2D eigenvalue weighted by Crippen LogP contribution is 2.15. The predicted octanol–water partition coefficient (Wildman–Crippen LogP) is -0.0321. The Labute approximate surface area is 119 Å². The van der Waals surface area contributed by atoms with Gasteiger partial charge in [0.15, 0.2) is 17.0 Å². The number of rotatable bonds is 8. The van der Waals surface area contributed by atoms with Crippen molar-refractivity contribution in [3.05, 3.63) is 6.33 Å². The molecule has 7 nitrogen and oxygen atoms in total. The van der Waals surface area contributed by atoms with Gasteiger partial charge < -0.3 is 10.2 Å². The summed E-state index contributed by atoms with van der Waals surface area (Å²) < 4.78 is 1.78. The molecule has 20 heavy (non-hydrogen) atoms. The first kappa shape index (κ1) is 14.6. The van der Waals surface area contributed by atoms with Crippen molar-refractivity contribution in [2.24, 2.45) is 0 Å². The first-order valence-electron chi connectivity index (χ1n) is 7.41. The SMILES string of the molecule is CCn1nnc2c(NCCC[NH+](CC)CC)ncnc21. The number of hydrogen-bond donors (Lipinski definition) is 2. The van der Waals surface area contributed by atoms with Crippen LogP contribution in [-0.2, 0) is 6.54 Å². The zero-order valence-corrected chi connectivity index (χ0v) is 12.6. The third-order valence-corrected chi connectivity index (χ3v) is 3.60. The third kappa shape index (κ3) is 3.22. The molecule has 0 unspecified atom stereocenters. The Balaban J connectivity index is 1.95. The normalized spacial score (nSPS) is 11.4. The smallest absolute Gasteiger partial charge is 0.183 e. The highest BCUT2D eigenvalue weighted by Gasteiger charge is 2.10. The van der Waals surface area contributed by atoms with E-state index in [1.165, 1.54) is 19.6 Å². The van der Waals surface area contributed by atoms with Crippen molar-refractivity contribution in [1.82, 2.24) is 25.0 Å². The topological polar surface area (TPSA) is 73.0 Å². The average Bonchev–Trinajstić information content (AvgIpc) is 2.91. The van der Waals surface area contributed by atoms with Crippen molar-refractivity contribution in [3.63, 3.8) is 0 Å². The van der Waals surface area contributed by atoms with Crippen LogP contribution < -0.4 is 10.2 Å². The van der Waals surface area contributed by atoms with Gasteiger partial charge in [-0.1, -0.05) is 5.21 Å². The molecule has 2 rings (SSSR count). The van der Waals surface area contributed by atoms with Crippen LogP contribution in [0.15, 0.2) is 6.33 Å². The second-order valence-corrected chi connectivity index (χ2v) is 4.79. The molecule has 2 aromatic heterocycles. The lowest BCUT2D eigenvalue weighted by Gasteiger charge is -2.15. The molecule has 0 aromatic carbocycles. The van der Waals surface area contributed by atoms with Crippen molar-refractivity contribution in [3.8, 4) is 0 Å². The molecule has 2 heterocycles. The molecular formula is C13H24N7+. The summed E-state index contributed by atoms with van der Waals surface area (Å²) in [5.41, 5.74) is 1.55. The van der Waals surface area contributed by atoms with Gasteiger partial charge in [0, 0.05) is 19.5 Å². The Morgan fingerprint density at radius 2 is 2.00 bits per heavy atom. The highest BCUT2D eigenvalue weighted by molar-refractivity contribution is 5.81. The summed E-state index contributed by atoms with van der Waals surface area (Å²) >= 11 is 0. The van der Waals surface area contributed by atoms with Crippen molar-refractivity contribution in [2.75, 3.05) is 31.5 Å². The van der Waals surface area contributed by atoms with Gasteiger partial charge in [-0.2, -0.15) is 0 Å². The van der Waals surface area contributed by atoms with E-state index in [1.807, 2.05) is 6.92 Å². The van der Waals surface area contributed by atoms with Crippen LogP contribution in [0.1, 0.15) is 27.2 Å². The van der Waals surface area contributed by atoms with Crippen LogP contribution in [0.25, 0.3) is 11.2 Å². The number of aromatic nitrogens is 5. The number of hydrogen-bond acceptors (Lipinski definition) is 5. The summed E-state index contributed by atoms with van der Waals surface area (Å²) in [5, 5.41) is 11.6. The number of nitrogens with one attached hydrogen (secondary N) is 2. The lowest BCUT2D eigenvalue weighted by molar-refractivity contribution is -0.896. The fourth-order valence-electron chi connectivity index (χ4n) is 2.28. The zero-order valence-electron chi connectivity index (χ0n) is 12.6. The summed E-state index contributed by atoms with van der Waals surface area (Å²) in [6.45, 7) is 11.7. The molecule has 0 bridgehead atoms. The van der Waals surface area contributed by atoms with Crippen LogP contribution in [0.2, 0.25) is 0 Å². The van der Waals surface area contributed by atoms with E-state index in [2.05, 4.69) is 39.4 Å². The fourth-order valence-corrected chi connectivity index (χ4v) is 2.28. The van der Waals surface area contributed by atoms with Gasteiger partial charge in [-0.3, -0.25) is 0 Å². The molecule has 2 N–H and O–H groups in total. The molecule has 0 atom stereocenters. The van der Waals surface area contributed by atoms with Gasteiger partial charge in [0.05, 0.1) is 19.6 Å². The van der Waals surface area contributed by atoms with E-state index in [0.717, 1.165) is 36.5 Å². The molecule has 0 aliphatic heterocycles. The van der Waals surface area contributed by atoms with Crippen molar-refractivity contribution < 1.29 is 4.90 Å². The lowest BCUT2D eigenvalue weighted by Crippen LogP contribution is -3.11. The number of quaternary nitrogens is 1. The molecule has 0 aliphatic carbocycles. The Morgan fingerprint density at radius 1 is 1.20 bits per heavy atom. The van der Waals surface area contributed by atoms with Crippen molar-refractivity contribution in [2.45, 2.75) is 33.7 Å². The molecule has 0 saturated heterocycles. The van der Waals surface area contributed by atoms with E-state index in [1.54, 1.807) is 15.9 Å². The summed E-state index contributed by atoms with van der Waals surface area (Å²) in [6, 6.07) is 0. The average molecular weight is 278 g/mol. The minimum Gasteiger partial charge on any atom is -0.368 e. The number of nitrogens with zero attached hydrogens (tertiary/aromatic N) is 5. The van der Waals surface area contributed by atoms with Crippen LogP contribution in [0, 0.1) is 0 Å². The van der Waals surface area contributed by atoms with Crippen LogP contribution in [-0.4, -0.2) is 51.1 Å². The van der Waals surface area contributed by atoms with E-state index in [4.69, 9.17) is 0 Å². The zero-order chi connectivity index (χ0) is 14.4. The van der Waals surface area contributed by atoms with E-state index >= 15 is 0 Å². The first-order chi connectivity index (χ1) is 9.80. The van der Waals surface area contributed by atoms with Crippen LogP contribution in [0.3, 0.4) is 0 Å². The Morgan fingerprint density at radius 3 is 2.70 bits per heavy atom. The van der Waals surface area contributed by atoms with Gasteiger partial charge in [0.25, 0.3) is 0 Å². The van der Waals surface area contributed by atoms with Gasteiger partial charge >= 0.3 is 0 Å². The van der Waals surface area contributed by atoms with Gasteiger partial charge in [-0.15, -0.1) is 5.10 Å². The summed E-state index contributed by atoms with van der Waals surface area (Å²) in [5.74, 6) is 0.782. The van der Waals surface area contributed by atoms with Gasteiger partial charge in [0.1, 0.15) is 6.33 Å². The van der Waals surface area contributed by atoms with E-state index in [9.17, 15) is 0 Å². The van der Waals surface area contributed by atoms with Crippen molar-refractivity contribution >= 4 is 17.0 Å². The number of fused-ring (bicyclic) bond motifs is 1. The number of anilines is 1. The molecule has 0 saturated carbocycles. The van der Waals surface area contributed by atoms with Gasteiger partial charge in [0.2, 0.25) is 0 Å². The largest absolute Gasteiger partial charge is 0.368 e. The molecule has 110 valence electrons. The Hall–Kier alpha value is -1.76. The molecule has 2 aromatic rings. The Bertz CT molecular complexity index is 532. The highest BCUT2D eigenvalue weighted by atomic mass is 15.4. The van der Waals surface area contributed by atoms with Gasteiger partial charge in [-0.05, 0) is 20.8 Å². The second-order valence-electron chi connectivity index (χ2n) is 4.79. The molecule has 0 radical (unpaired) electrons.